The fraction of sp³-hybridized carbons (Fsp3) is 0.0189. The average molecular weight is 977 g/mol. The Balaban J connectivity index is 0.000000543. The van der Waals surface area contributed by atoms with Gasteiger partial charge >= 0.3 is 54.4 Å². The van der Waals surface area contributed by atoms with Crippen molar-refractivity contribution < 1.29 is 87.1 Å². The first-order valence-corrected chi connectivity index (χ1v) is 21.0. The van der Waals surface area contributed by atoms with E-state index in [1.54, 1.807) is 36.4 Å². The lowest BCUT2D eigenvalue weighted by Gasteiger charge is -2.41. The number of carboxylic acid groups (broad SMARTS) is 4. The highest BCUT2D eigenvalue weighted by molar-refractivity contribution is 6.29. The van der Waals surface area contributed by atoms with Gasteiger partial charge in [-0.2, -0.15) is 47.5 Å². The molecule has 73 heavy (non-hydrogen) atoms. The third-order valence-corrected chi connectivity index (χ3v) is 12.3. The predicted molar refractivity (Wildman–Crippen MR) is 241 cm³/mol. The summed E-state index contributed by atoms with van der Waals surface area (Å²) in [5, 5.41) is 42.5. The summed E-state index contributed by atoms with van der Waals surface area (Å²) in [6.45, 7) is 0. The van der Waals surface area contributed by atoms with Gasteiger partial charge in [0.05, 0.1) is 66.6 Å². The van der Waals surface area contributed by atoms with Crippen LogP contribution in [0.3, 0.4) is 0 Å². The lowest BCUT2D eigenvalue weighted by atomic mass is 9.91. The van der Waals surface area contributed by atoms with E-state index < -0.39 is 29.8 Å². The minimum absolute atomic E-state index is 0.113. The number of carbonyl (C=O) groups is 4. The number of carboxylic acids is 4. The van der Waals surface area contributed by atoms with Crippen LogP contribution in [0.25, 0.3) is 22.3 Å². The number of aromatic carboxylic acids is 4. The van der Waals surface area contributed by atoms with E-state index in [9.17, 15) is 39.6 Å². The fourth-order valence-corrected chi connectivity index (χ4v) is 10.1. The number of hydrogen-bond donors (Lipinski definition) is 4. The van der Waals surface area contributed by atoms with Gasteiger partial charge in [0, 0.05) is 24.3 Å². The van der Waals surface area contributed by atoms with E-state index >= 15 is 0 Å². The number of aromatic nitrogens is 2. The van der Waals surface area contributed by atoms with Crippen LogP contribution >= 0.6 is 0 Å². The molecule has 1 unspecified atom stereocenters. The maximum Gasteiger partial charge on any atom is 0.553 e. The van der Waals surface area contributed by atoms with Crippen molar-refractivity contribution >= 4 is 82.2 Å². The molecule has 8 heterocycles. The molecule has 20 heteroatoms. The molecule has 4 aromatic carbocycles. The number of benzene rings is 4. The van der Waals surface area contributed by atoms with E-state index in [4.69, 9.17) is 38.4 Å². The SMILES string of the molecule is O=C(O)c1cccc(C2=C3C=CC4=[N+]3C35n6c2ccc6C(c2cc(C(=O)O)cc(C(=O)O)c2)=C2C=CC(=[N+]23)C(c2cccc(C(=O)O)c2)=c2ccc(n25)=C4c2ccccc2)c1.O=C=O.O=C=O.O=C=O.O=C=O. The summed E-state index contributed by atoms with van der Waals surface area (Å²) < 4.78 is 8.92. The van der Waals surface area contributed by atoms with Crippen molar-refractivity contribution in [3.8, 4) is 0 Å². The van der Waals surface area contributed by atoms with Crippen molar-refractivity contribution in [3.05, 3.63) is 224 Å². The van der Waals surface area contributed by atoms with Gasteiger partial charge in [-0.25, -0.2) is 19.2 Å². The van der Waals surface area contributed by atoms with Crippen LogP contribution < -0.4 is 10.7 Å². The normalized spacial score (nSPS) is 15.7. The molecule has 1 spiro atoms. The Morgan fingerprint density at radius 3 is 1.18 bits per heavy atom. The lowest BCUT2D eigenvalue weighted by molar-refractivity contribution is -0.834. The van der Waals surface area contributed by atoms with Crippen molar-refractivity contribution in [1.29, 1.82) is 0 Å². The van der Waals surface area contributed by atoms with Crippen LogP contribution in [0.4, 0.5) is 0 Å². The monoisotopic (exact) mass is 976 g/mol. The highest BCUT2D eigenvalue weighted by Crippen LogP contribution is 2.53. The zero-order chi connectivity index (χ0) is 52.5. The average Bonchev–Trinajstić information content (AvgIpc) is 4.21. The van der Waals surface area contributed by atoms with Gasteiger partial charge in [0.2, 0.25) is 22.8 Å². The van der Waals surface area contributed by atoms with Crippen molar-refractivity contribution in [2.24, 2.45) is 0 Å². The Labute approximate surface area is 406 Å². The zero-order valence-corrected chi connectivity index (χ0v) is 36.8. The van der Waals surface area contributed by atoms with Crippen LogP contribution in [-0.2, 0) is 44.3 Å². The maximum atomic E-state index is 12.6. The first kappa shape index (κ1) is 48.3. The van der Waals surface area contributed by atoms with E-state index in [0.29, 0.717) is 33.7 Å². The molecular formula is C53H28N4O16+2. The summed E-state index contributed by atoms with van der Waals surface area (Å²) >= 11 is 0. The third kappa shape index (κ3) is 7.40. The van der Waals surface area contributed by atoms with Gasteiger partial charge in [0.25, 0.3) is 0 Å². The molecule has 0 saturated carbocycles. The molecule has 354 valence electrons. The van der Waals surface area contributed by atoms with Gasteiger partial charge in [-0.1, -0.05) is 63.7 Å². The molecule has 1 atom stereocenters. The molecule has 6 aliphatic rings. The van der Waals surface area contributed by atoms with Crippen LogP contribution in [0.15, 0.2) is 157 Å². The number of rotatable bonds is 8. The summed E-state index contributed by atoms with van der Waals surface area (Å²) in [5.74, 6) is -5.98. The zero-order valence-electron chi connectivity index (χ0n) is 36.8. The van der Waals surface area contributed by atoms with Crippen molar-refractivity contribution in [2.75, 3.05) is 0 Å². The molecule has 0 radical (unpaired) electrons. The highest BCUT2D eigenvalue weighted by atomic mass is 16.4. The minimum Gasteiger partial charge on any atom is -0.478 e. The second kappa shape index (κ2) is 19.1. The summed E-state index contributed by atoms with van der Waals surface area (Å²) in [5.41, 5.74) is 9.94. The summed E-state index contributed by atoms with van der Waals surface area (Å²) in [7, 11) is 0. The van der Waals surface area contributed by atoms with Gasteiger partial charge in [0.1, 0.15) is 0 Å². The van der Waals surface area contributed by atoms with E-state index in [1.165, 1.54) is 12.1 Å². The van der Waals surface area contributed by atoms with Crippen LogP contribution in [0.1, 0.15) is 75.1 Å². The van der Waals surface area contributed by atoms with E-state index in [0.717, 1.165) is 61.9 Å². The molecule has 0 amide bonds. The van der Waals surface area contributed by atoms with E-state index in [2.05, 4.69) is 54.7 Å². The molecule has 2 aromatic heterocycles. The first-order valence-electron chi connectivity index (χ1n) is 21.0. The second-order valence-electron chi connectivity index (χ2n) is 15.7. The largest absolute Gasteiger partial charge is 0.553 e. The molecule has 0 bridgehead atoms. The molecule has 6 aliphatic heterocycles. The van der Waals surface area contributed by atoms with Crippen molar-refractivity contribution in [1.82, 2.24) is 9.13 Å². The smallest absolute Gasteiger partial charge is 0.478 e. The van der Waals surface area contributed by atoms with Gasteiger partial charge < -0.3 is 20.4 Å². The number of allylic oxidation sites excluding steroid dienone is 4. The van der Waals surface area contributed by atoms with Crippen LogP contribution in [0.5, 0.6) is 0 Å². The standard InChI is InChI=1S/C49H26N4O8.4CO2/c54-45(55)28-10-4-8-26(20-28)42-35-14-12-33-41(25-6-2-1-3-7-25)34-13-15-36-43(27-9-5-11-29(21-27)46(56)57)38-17-19-40-44(30-22-31(47(58)59)24-32(23-30)48(60)61)39-18-16-37(42)52(39)49(50(33)35,51(34)36)53(38)40;4*2-1-3/h1-24H,(H2-2,54,55,56,57,58,59,60,61);;;;/p+2. The highest BCUT2D eigenvalue weighted by Gasteiger charge is 2.73. The van der Waals surface area contributed by atoms with Gasteiger partial charge in [0.15, 0.2) is 0 Å². The van der Waals surface area contributed by atoms with Crippen LogP contribution in [-0.4, -0.2) is 98.6 Å². The first-order chi connectivity index (χ1) is 35.2. The Morgan fingerprint density at radius 1 is 0.384 bits per heavy atom. The molecule has 12 rings (SSSR count). The topological polar surface area (TPSA) is 302 Å². The molecule has 0 fully saturated rings. The van der Waals surface area contributed by atoms with Crippen LogP contribution in [0, 0.1) is 0 Å². The summed E-state index contributed by atoms with van der Waals surface area (Å²) in [4.78, 5) is 115. The quantitative estimate of drug-likeness (QED) is 0.159. The molecule has 4 N–H and O–H groups in total. The second-order valence-corrected chi connectivity index (χ2v) is 15.7. The minimum atomic E-state index is -1.28. The lowest BCUT2D eigenvalue weighted by Crippen LogP contribution is -2.71. The number of hydrogen-bond acceptors (Lipinski definition) is 12. The van der Waals surface area contributed by atoms with Crippen molar-refractivity contribution in [3.63, 3.8) is 0 Å². The predicted octanol–water partition coefficient (Wildman–Crippen LogP) is 2.88. The molecule has 6 aromatic rings. The number of nitrogens with zero attached hydrogens (tertiary/aromatic N) is 4. The van der Waals surface area contributed by atoms with Gasteiger partial charge in [-0.15, -0.1) is 0 Å². The maximum absolute atomic E-state index is 12.6. The Morgan fingerprint density at radius 2 is 0.753 bits per heavy atom. The van der Waals surface area contributed by atoms with E-state index in [-0.39, 0.29) is 46.9 Å². The Kier molecular flexibility index (Phi) is 12.7. The summed E-state index contributed by atoms with van der Waals surface area (Å²) in [6, 6.07) is 35.8. The van der Waals surface area contributed by atoms with Crippen LogP contribution in [0.2, 0.25) is 0 Å². The Hall–Kier alpha value is -11.1. The van der Waals surface area contributed by atoms with Crippen molar-refractivity contribution in [2.45, 2.75) is 5.91 Å². The molecule has 20 nitrogen and oxygen atoms in total. The van der Waals surface area contributed by atoms with E-state index in [1.807, 2.05) is 54.6 Å². The van der Waals surface area contributed by atoms with Gasteiger partial charge in [-0.3, -0.25) is 0 Å². The molecular weight excluding hydrogens is 949 g/mol. The fourth-order valence-electron chi connectivity index (χ4n) is 10.1. The molecule has 0 aliphatic carbocycles. The van der Waals surface area contributed by atoms with Gasteiger partial charge in [-0.05, 0) is 89.0 Å². The number of carbonyl (C=O) groups excluding carboxylic acids is 8. The molecule has 0 saturated heterocycles. The summed E-state index contributed by atoms with van der Waals surface area (Å²) in [6.07, 6.45) is 9.07. The Bertz CT molecular complexity index is 3890. The third-order valence-electron chi connectivity index (χ3n) is 12.3.